The number of aromatic nitrogens is 2. The van der Waals surface area contributed by atoms with Crippen molar-refractivity contribution in [2.75, 3.05) is 24.9 Å². The van der Waals surface area contributed by atoms with Crippen LogP contribution >= 0.6 is 0 Å². The Balaban J connectivity index is 1.58. The normalized spacial score (nSPS) is 13.9. The van der Waals surface area contributed by atoms with Crippen molar-refractivity contribution in [3.63, 3.8) is 0 Å². The summed E-state index contributed by atoms with van der Waals surface area (Å²) in [5.74, 6) is -2.62. The Morgan fingerprint density at radius 1 is 0.973 bits per heavy atom. The van der Waals surface area contributed by atoms with Crippen molar-refractivity contribution in [3.8, 4) is 17.0 Å². The van der Waals surface area contributed by atoms with E-state index in [1.54, 1.807) is 18.2 Å². The number of nitrogens with zero attached hydrogens (tertiary/aromatic N) is 2. The van der Waals surface area contributed by atoms with Gasteiger partial charge in [0.1, 0.15) is 28.0 Å². The molecule has 0 amide bonds. The number of rotatable bonds is 6. The van der Waals surface area contributed by atoms with Gasteiger partial charge in [0, 0.05) is 35.3 Å². The first-order valence-electron chi connectivity index (χ1n) is 11.3. The Bertz CT molecular complexity index is 1660. The molecule has 4 aromatic rings. The SMILES string of the molecule is COc1ncc(-c2ccc3ncc(F)c(C4=CCNCC4)c3c2)cc1NS(=O)(=O)c1ccc(F)cc1F. The van der Waals surface area contributed by atoms with Gasteiger partial charge in [-0.1, -0.05) is 12.1 Å². The van der Waals surface area contributed by atoms with Gasteiger partial charge in [0.2, 0.25) is 5.88 Å². The van der Waals surface area contributed by atoms with E-state index in [1.165, 1.54) is 25.6 Å². The zero-order valence-electron chi connectivity index (χ0n) is 19.6. The summed E-state index contributed by atoms with van der Waals surface area (Å²) in [5, 5.41) is 3.82. The van der Waals surface area contributed by atoms with Gasteiger partial charge >= 0.3 is 0 Å². The topological polar surface area (TPSA) is 93.2 Å². The standard InChI is InChI=1S/C26H21F3N4O3S/c1-36-26-23(33-37(34,35)24-5-3-18(27)12-20(24)28)11-17(13-32-26)16-2-4-22-19(10-16)25(21(29)14-31-22)15-6-8-30-9-7-15/h2-6,10-14,30,33H,7-9H2,1H3. The number of nitrogens with one attached hydrogen (secondary N) is 2. The quantitative estimate of drug-likeness (QED) is 0.371. The van der Waals surface area contributed by atoms with Gasteiger partial charge in [0.25, 0.3) is 10.0 Å². The number of sulfonamides is 1. The molecule has 0 aliphatic carbocycles. The summed E-state index contributed by atoms with van der Waals surface area (Å²) in [6.45, 7) is 1.37. The summed E-state index contributed by atoms with van der Waals surface area (Å²) in [4.78, 5) is 7.66. The van der Waals surface area contributed by atoms with E-state index in [1.807, 2.05) is 6.08 Å². The molecule has 3 heterocycles. The molecule has 190 valence electrons. The largest absolute Gasteiger partial charge is 0.480 e. The molecule has 0 fully saturated rings. The van der Waals surface area contributed by atoms with Crippen LogP contribution in [0.15, 0.2) is 65.8 Å². The minimum atomic E-state index is -4.44. The Morgan fingerprint density at radius 3 is 2.54 bits per heavy atom. The molecule has 1 aliphatic rings. The van der Waals surface area contributed by atoms with E-state index in [0.29, 0.717) is 46.6 Å². The lowest BCUT2D eigenvalue weighted by Gasteiger charge is -2.17. The van der Waals surface area contributed by atoms with Gasteiger partial charge in [0.15, 0.2) is 0 Å². The third kappa shape index (κ3) is 4.87. The highest BCUT2D eigenvalue weighted by Gasteiger charge is 2.23. The third-order valence-electron chi connectivity index (χ3n) is 6.01. The van der Waals surface area contributed by atoms with Crippen LogP contribution in [0.25, 0.3) is 27.6 Å². The van der Waals surface area contributed by atoms with Crippen LogP contribution in [0.4, 0.5) is 18.9 Å². The highest BCUT2D eigenvalue weighted by Crippen LogP contribution is 2.35. The van der Waals surface area contributed by atoms with Crippen molar-refractivity contribution in [1.82, 2.24) is 15.3 Å². The van der Waals surface area contributed by atoms with E-state index in [9.17, 15) is 21.6 Å². The van der Waals surface area contributed by atoms with E-state index in [4.69, 9.17) is 4.74 Å². The molecule has 37 heavy (non-hydrogen) atoms. The number of hydrogen-bond donors (Lipinski definition) is 2. The Kier molecular flexibility index (Phi) is 6.57. The summed E-state index contributed by atoms with van der Waals surface area (Å²) in [6.07, 6.45) is 5.30. The predicted molar refractivity (Wildman–Crippen MR) is 134 cm³/mol. The molecule has 7 nitrogen and oxygen atoms in total. The second-order valence-corrected chi connectivity index (χ2v) is 10.0. The number of anilines is 1. The predicted octanol–water partition coefficient (Wildman–Crippen LogP) is 4.90. The number of halogens is 3. The molecule has 0 spiro atoms. The second-order valence-electron chi connectivity index (χ2n) is 8.36. The fourth-order valence-electron chi connectivity index (χ4n) is 4.26. The molecule has 0 radical (unpaired) electrons. The third-order valence-corrected chi connectivity index (χ3v) is 7.41. The van der Waals surface area contributed by atoms with Crippen molar-refractivity contribution < 1.29 is 26.3 Å². The Labute approximate surface area is 211 Å². The molecule has 0 saturated heterocycles. The van der Waals surface area contributed by atoms with Crippen molar-refractivity contribution in [2.24, 2.45) is 0 Å². The molecule has 1 aliphatic heterocycles. The first-order chi connectivity index (χ1) is 17.8. The maximum Gasteiger partial charge on any atom is 0.264 e. The molecule has 2 aromatic carbocycles. The van der Waals surface area contributed by atoms with Crippen LogP contribution in [0, 0.1) is 17.5 Å². The van der Waals surface area contributed by atoms with Crippen LogP contribution in [-0.4, -0.2) is 38.6 Å². The Morgan fingerprint density at radius 2 is 1.81 bits per heavy atom. The maximum atomic E-state index is 14.9. The molecule has 2 N–H and O–H groups in total. The van der Waals surface area contributed by atoms with Gasteiger partial charge in [-0.3, -0.25) is 9.71 Å². The molecule has 2 aromatic heterocycles. The van der Waals surface area contributed by atoms with Gasteiger partial charge < -0.3 is 10.1 Å². The van der Waals surface area contributed by atoms with Crippen molar-refractivity contribution in [2.45, 2.75) is 11.3 Å². The van der Waals surface area contributed by atoms with Gasteiger partial charge in [-0.25, -0.2) is 26.6 Å². The van der Waals surface area contributed by atoms with Crippen molar-refractivity contribution >= 4 is 32.2 Å². The molecule has 5 rings (SSSR count). The lowest BCUT2D eigenvalue weighted by atomic mass is 9.94. The fourth-order valence-corrected chi connectivity index (χ4v) is 5.37. The first kappa shape index (κ1) is 24.7. The monoisotopic (exact) mass is 526 g/mol. The highest BCUT2D eigenvalue weighted by molar-refractivity contribution is 7.92. The number of benzene rings is 2. The van der Waals surface area contributed by atoms with Gasteiger partial charge in [-0.2, -0.15) is 0 Å². The number of fused-ring (bicyclic) bond motifs is 1. The summed E-state index contributed by atoms with van der Waals surface area (Å²) >= 11 is 0. The summed E-state index contributed by atoms with van der Waals surface area (Å²) in [7, 11) is -3.13. The molecule has 0 atom stereocenters. The fraction of sp³-hybridized carbons (Fsp3) is 0.154. The number of ether oxygens (including phenoxy) is 1. The second kappa shape index (κ2) is 9.83. The van der Waals surface area contributed by atoms with Crippen LogP contribution in [-0.2, 0) is 10.0 Å². The van der Waals surface area contributed by atoms with Crippen LogP contribution < -0.4 is 14.8 Å². The zero-order chi connectivity index (χ0) is 26.2. The van der Waals surface area contributed by atoms with Crippen molar-refractivity contribution in [1.29, 1.82) is 0 Å². The minimum Gasteiger partial charge on any atom is -0.480 e. The average molecular weight is 527 g/mol. The number of methoxy groups -OCH3 is 1. The van der Waals surface area contributed by atoms with Crippen LogP contribution in [0.1, 0.15) is 12.0 Å². The van der Waals surface area contributed by atoms with E-state index < -0.39 is 32.4 Å². The highest BCUT2D eigenvalue weighted by atomic mass is 32.2. The smallest absolute Gasteiger partial charge is 0.264 e. The van der Waals surface area contributed by atoms with Crippen molar-refractivity contribution in [3.05, 3.63) is 83.9 Å². The van der Waals surface area contributed by atoms with E-state index in [-0.39, 0.29) is 11.6 Å². The molecule has 0 unspecified atom stereocenters. The van der Waals surface area contributed by atoms with Gasteiger partial charge in [0.05, 0.1) is 18.8 Å². The van der Waals surface area contributed by atoms with Gasteiger partial charge in [-0.05, 0) is 54.4 Å². The van der Waals surface area contributed by atoms with Gasteiger partial charge in [-0.15, -0.1) is 0 Å². The van der Waals surface area contributed by atoms with Crippen LogP contribution in [0.5, 0.6) is 5.88 Å². The lowest BCUT2D eigenvalue weighted by molar-refractivity contribution is 0.400. The average Bonchev–Trinajstić information content (AvgIpc) is 2.88. The molecule has 0 saturated carbocycles. The molecule has 11 heteroatoms. The number of hydrogen-bond acceptors (Lipinski definition) is 6. The molecular formula is C26H21F3N4O3S. The van der Waals surface area contributed by atoms with E-state index >= 15 is 0 Å². The molecule has 0 bridgehead atoms. The summed E-state index contributed by atoms with van der Waals surface area (Å²) in [6, 6.07) is 8.91. The molecular weight excluding hydrogens is 505 g/mol. The van der Waals surface area contributed by atoms with E-state index in [2.05, 4.69) is 20.0 Å². The van der Waals surface area contributed by atoms with E-state index in [0.717, 1.165) is 24.3 Å². The van der Waals surface area contributed by atoms with Crippen LogP contribution in [0.2, 0.25) is 0 Å². The zero-order valence-corrected chi connectivity index (χ0v) is 20.4. The summed E-state index contributed by atoms with van der Waals surface area (Å²) in [5.41, 5.74) is 3.02. The summed E-state index contributed by atoms with van der Waals surface area (Å²) < 4.78 is 75.6. The first-order valence-corrected chi connectivity index (χ1v) is 12.8. The lowest BCUT2D eigenvalue weighted by Crippen LogP contribution is -2.20. The maximum absolute atomic E-state index is 14.9. The Hall–Kier alpha value is -3.96. The van der Waals surface area contributed by atoms with Crippen LogP contribution in [0.3, 0.4) is 0 Å². The minimum absolute atomic E-state index is 0.0519. The number of pyridine rings is 2.